The number of carbonyl (C=O) groups excluding carboxylic acids is 1. The lowest BCUT2D eigenvalue weighted by Gasteiger charge is -2.41. The van der Waals surface area contributed by atoms with Crippen LogP contribution < -0.4 is 5.32 Å². The van der Waals surface area contributed by atoms with Crippen molar-refractivity contribution < 1.29 is 9.21 Å². The lowest BCUT2D eigenvalue weighted by molar-refractivity contribution is 0.0807. The van der Waals surface area contributed by atoms with Crippen molar-refractivity contribution in [2.24, 2.45) is 0 Å². The first-order valence-electron chi connectivity index (χ1n) is 11.4. The molecule has 0 radical (unpaired) electrons. The Labute approximate surface area is 174 Å². The summed E-state index contributed by atoms with van der Waals surface area (Å²) in [5, 5.41) is 4.27. The van der Waals surface area contributed by atoms with Crippen LogP contribution in [-0.2, 0) is 6.42 Å². The van der Waals surface area contributed by atoms with Gasteiger partial charge >= 0.3 is 0 Å². The second-order valence-corrected chi connectivity index (χ2v) is 8.82. The summed E-state index contributed by atoms with van der Waals surface area (Å²) in [6, 6.07) is 8.90. The van der Waals surface area contributed by atoms with Gasteiger partial charge in [-0.25, -0.2) is 0 Å². The molecule has 29 heavy (non-hydrogen) atoms. The van der Waals surface area contributed by atoms with Crippen LogP contribution in [0.4, 0.5) is 0 Å². The van der Waals surface area contributed by atoms with E-state index in [1.807, 2.05) is 24.3 Å². The molecule has 2 aromatic rings. The van der Waals surface area contributed by atoms with Gasteiger partial charge in [-0.2, -0.15) is 0 Å². The van der Waals surface area contributed by atoms with E-state index < -0.39 is 0 Å². The topological polar surface area (TPSA) is 48.7 Å². The molecule has 0 unspecified atom stereocenters. The SMILES string of the molecule is CCCCc1oc2ccccc2c1C(=O)NC1CCN(C2CCN(C)CC2)CC1. The second kappa shape index (κ2) is 9.31. The number of benzene rings is 1. The van der Waals surface area contributed by atoms with Crippen molar-refractivity contribution in [3.05, 3.63) is 35.6 Å². The van der Waals surface area contributed by atoms with E-state index in [0.717, 1.165) is 73.5 Å². The number of unbranched alkanes of at least 4 members (excludes halogenated alkanes) is 1. The minimum atomic E-state index is 0.0406. The Hall–Kier alpha value is -1.85. The molecule has 3 heterocycles. The third-order valence-corrected chi connectivity index (χ3v) is 6.72. The summed E-state index contributed by atoms with van der Waals surface area (Å²) in [6.07, 6.45) is 7.58. The van der Waals surface area contributed by atoms with Crippen molar-refractivity contribution in [2.45, 2.75) is 64.0 Å². The molecule has 0 spiro atoms. The molecule has 0 atom stereocenters. The average molecular weight is 398 g/mol. The van der Waals surface area contributed by atoms with E-state index in [1.165, 1.54) is 25.9 Å². The Kier molecular flexibility index (Phi) is 6.56. The Morgan fingerprint density at radius 3 is 2.55 bits per heavy atom. The van der Waals surface area contributed by atoms with Gasteiger partial charge in [0.05, 0.1) is 5.56 Å². The molecular formula is C24H35N3O2. The molecule has 2 aliphatic rings. The predicted molar refractivity (Wildman–Crippen MR) is 117 cm³/mol. The molecule has 0 bridgehead atoms. The molecule has 0 aliphatic carbocycles. The third kappa shape index (κ3) is 4.67. The summed E-state index contributed by atoms with van der Waals surface area (Å²) in [5.74, 6) is 0.883. The van der Waals surface area contributed by atoms with Crippen molar-refractivity contribution in [2.75, 3.05) is 33.2 Å². The van der Waals surface area contributed by atoms with Gasteiger partial charge in [0.15, 0.2) is 0 Å². The van der Waals surface area contributed by atoms with Crippen LogP contribution in [0.5, 0.6) is 0 Å². The highest BCUT2D eigenvalue weighted by Crippen LogP contribution is 2.28. The third-order valence-electron chi connectivity index (χ3n) is 6.72. The lowest BCUT2D eigenvalue weighted by atomic mass is 9.97. The van der Waals surface area contributed by atoms with E-state index in [0.29, 0.717) is 0 Å². The highest BCUT2D eigenvalue weighted by molar-refractivity contribution is 6.07. The monoisotopic (exact) mass is 397 g/mol. The molecule has 4 rings (SSSR count). The van der Waals surface area contributed by atoms with Crippen molar-refractivity contribution in [3.8, 4) is 0 Å². The molecule has 1 amide bonds. The number of furan rings is 1. The zero-order chi connectivity index (χ0) is 20.2. The number of hydrogen-bond acceptors (Lipinski definition) is 4. The average Bonchev–Trinajstić information content (AvgIpc) is 3.12. The molecule has 0 saturated carbocycles. The van der Waals surface area contributed by atoms with E-state index in [-0.39, 0.29) is 11.9 Å². The number of likely N-dealkylation sites (tertiary alicyclic amines) is 2. The zero-order valence-electron chi connectivity index (χ0n) is 18.0. The van der Waals surface area contributed by atoms with Gasteiger partial charge in [-0.05, 0) is 58.3 Å². The second-order valence-electron chi connectivity index (χ2n) is 8.82. The number of fused-ring (bicyclic) bond motifs is 1. The van der Waals surface area contributed by atoms with Crippen LogP contribution in [0.1, 0.15) is 61.6 Å². The summed E-state index contributed by atoms with van der Waals surface area (Å²) < 4.78 is 6.04. The van der Waals surface area contributed by atoms with Gasteiger partial charge in [-0.3, -0.25) is 4.79 Å². The number of carbonyl (C=O) groups is 1. The number of para-hydroxylation sites is 1. The number of piperidine rings is 2. The van der Waals surface area contributed by atoms with E-state index >= 15 is 0 Å². The Morgan fingerprint density at radius 2 is 1.83 bits per heavy atom. The van der Waals surface area contributed by atoms with Gasteiger partial charge < -0.3 is 19.5 Å². The van der Waals surface area contributed by atoms with Crippen molar-refractivity contribution in [3.63, 3.8) is 0 Å². The molecule has 1 aromatic heterocycles. The highest BCUT2D eigenvalue weighted by atomic mass is 16.3. The van der Waals surface area contributed by atoms with Gasteiger partial charge in [0.25, 0.3) is 5.91 Å². The molecule has 158 valence electrons. The molecule has 2 saturated heterocycles. The van der Waals surface area contributed by atoms with Crippen molar-refractivity contribution in [1.29, 1.82) is 0 Å². The fourth-order valence-electron chi connectivity index (χ4n) is 4.89. The van der Waals surface area contributed by atoms with Gasteiger partial charge in [-0.1, -0.05) is 31.5 Å². The number of nitrogens with one attached hydrogen (secondary N) is 1. The molecule has 5 heteroatoms. The van der Waals surface area contributed by atoms with Crippen LogP contribution in [0.25, 0.3) is 11.0 Å². The van der Waals surface area contributed by atoms with Crippen LogP contribution in [0.15, 0.2) is 28.7 Å². The van der Waals surface area contributed by atoms with E-state index in [2.05, 4.69) is 29.1 Å². The maximum atomic E-state index is 13.2. The quantitative estimate of drug-likeness (QED) is 0.798. The summed E-state index contributed by atoms with van der Waals surface area (Å²) in [7, 11) is 2.21. The fraction of sp³-hybridized carbons (Fsp3) is 0.625. The molecule has 1 N–H and O–H groups in total. The minimum Gasteiger partial charge on any atom is -0.460 e. The first kappa shape index (κ1) is 20.4. The highest BCUT2D eigenvalue weighted by Gasteiger charge is 2.29. The summed E-state index contributed by atoms with van der Waals surface area (Å²) in [4.78, 5) is 18.3. The van der Waals surface area contributed by atoms with Gasteiger partial charge in [0.2, 0.25) is 0 Å². The normalized spacial score (nSPS) is 20.3. The number of amides is 1. The predicted octanol–water partition coefficient (Wildman–Crippen LogP) is 4.06. The van der Waals surface area contributed by atoms with Crippen LogP contribution in [0, 0.1) is 0 Å². The standard InChI is InChI=1S/C24H35N3O2/c1-3-4-8-22-23(20-7-5-6-9-21(20)29-22)24(28)25-18-10-16-27(17-11-18)19-12-14-26(2)15-13-19/h5-7,9,18-19H,3-4,8,10-17H2,1-2H3,(H,25,28). The van der Waals surface area contributed by atoms with E-state index in [9.17, 15) is 4.79 Å². The van der Waals surface area contributed by atoms with Crippen molar-refractivity contribution in [1.82, 2.24) is 15.1 Å². The van der Waals surface area contributed by atoms with Gasteiger partial charge in [0, 0.05) is 37.0 Å². The lowest BCUT2D eigenvalue weighted by Crippen LogP contribution is -2.50. The number of nitrogens with zero attached hydrogens (tertiary/aromatic N) is 2. The number of hydrogen-bond donors (Lipinski definition) is 1. The maximum Gasteiger partial charge on any atom is 0.255 e. The molecule has 5 nitrogen and oxygen atoms in total. The number of aryl methyl sites for hydroxylation is 1. The zero-order valence-corrected chi connectivity index (χ0v) is 18.0. The largest absolute Gasteiger partial charge is 0.460 e. The first-order chi connectivity index (χ1) is 14.2. The summed E-state index contributed by atoms with van der Waals surface area (Å²) in [5.41, 5.74) is 1.58. The fourth-order valence-corrected chi connectivity index (χ4v) is 4.89. The molecule has 2 aliphatic heterocycles. The Balaban J connectivity index is 1.39. The molecule has 1 aromatic carbocycles. The Bertz CT molecular complexity index is 815. The minimum absolute atomic E-state index is 0.0406. The summed E-state index contributed by atoms with van der Waals surface area (Å²) in [6.45, 7) is 6.76. The van der Waals surface area contributed by atoms with Crippen molar-refractivity contribution >= 4 is 16.9 Å². The van der Waals surface area contributed by atoms with Crippen LogP contribution in [-0.4, -0.2) is 61.0 Å². The van der Waals surface area contributed by atoms with E-state index in [1.54, 1.807) is 0 Å². The number of rotatable bonds is 6. The van der Waals surface area contributed by atoms with Gasteiger partial charge in [0.1, 0.15) is 11.3 Å². The summed E-state index contributed by atoms with van der Waals surface area (Å²) >= 11 is 0. The molecular weight excluding hydrogens is 362 g/mol. The van der Waals surface area contributed by atoms with Crippen LogP contribution in [0.2, 0.25) is 0 Å². The van der Waals surface area contributed by atoms with Crippen LogP contribution >= 0.6 is 0 Å². The van der Waals surface area contributed by atoms with E-state index in [4.69, 9.17) is 4.42 Å². The smallest absolute Gasteiger partial charge is 0.255 e. The first-order valence-corrected chi connectivity index (χ1v) is 11.4. The van der Waals surface area contributed by atoms with Gasteiger partial charge in [-0.15, -0.1) is 0 Å². The maximum absolute atomic E-state index is 13.2. The van der Waals surface area contributed by atoms with Crippen LogP contribution in [0.3, 0.4) is 0 Å². The Morgan fingerprint density at radius 1 is 1.10 bits per heavy atom. The molecule has 2 fully saturated rings.